The molecule has 0 saturated heterocycles. The Morgan fingerprint density at radius 3 is 2.35 bits per heavy atom. The van der Waals surface area contributed by atoms with E-state index in [1.165, 1.54) is 0 Å². The highest BCUT2D eigenvalue weighted by Crippen LogP contribution is 2.17. The average Bonchev–Trinajstić information content (AvgIpc) is 2.82. The number of hydrogen-bond donors (Lipinski definition) is 1. The molecule has 0 fully saturated rings. The molecule has 4 rings (SSSR count). The van der Waals surface area contributed by atoms with E-state index in [1.807, 2.05) is 79.7 Å². The number of H-pyrrole nitrogens is 1. The topological polar surface area (TPSA) is 62.4 Å². The van der Waals surface area contributed by atoms with Crippen molar-refractivity contribution in [3.63, 3.8) is 0 Å². The monoisotopic (exact) mass is 412 g/mol. The summed E-state index contributed by atoms with van der Waals surface area (Å²) < 4.78 is 5.83. The number of aromatic nitrogens is 1. The number of carbonyl (C=O) groups is 1. The van der Waals surface area contributed by atoms with Crippen LogP contribution in [0.3, 0.4) is 0 Å². The number of carbonyl (C=O) groups excluding carboxylic acids is 1. The molecule has 1 heterocycles. The molecular weight excluding hydrogens is 388 g/mol. The summed E-state index contributed by atoms with van der Waals surface area (Å²) >= 11 is 0. The van der Waals surface area contributed by atoms with Gasteiger partial charge in [0.2, 0.25) is 0 Å². The second kappa shape index (κ2) is 9.30. The zero-order valence-corrected chi connectivity index (χ0v) is 17.4. The second-order valence-electron chi connectivity index (χ2n) is 7.34. The van der Waals surface area contributed by atoms with Gasteiger partial charge in [0.1, 0.15) is 18.1 Å². The minimum Gasteiger partial charge on any atom is -0.489 e. The molecule has 0 aliphatic rings. The lowest BCUT2D eigenvalue weighted by Crippen LogP contribution is -2.32. The van der Waals surface area contributed by atoms with Gasteiger partial charge in [0.25, 0.3) is 11.5 Å². The van der Waals surface area contributed by atoms with Gasteiger partial charge in [-0.3, -0.25) is 9.59 Å². The van der Waals surface area contributed by atoms with E-state index < -0.39 is 0 Å². The molecule has 156 valence electrons. The standard InChI is InChI=1S/C26H24N2O3/c1-2-28(26(30)24-16-21-10-6-7-11-23(21)25(29)27-24)17-19-12-14-22(15-13-19)31-18-20-8-4-3-5-9-20/h3-16H,2,17-18H2,1H3,(H,27,29). The Kier molecular flexibility index (Phi) is 6.13. The second-order valence-corrected chi connectivity index (χ2v) is 7.34. The van der Waals surface area contributed by atoms with Crippen LogP contribution in [-0.4, -0.2) is 22.3 Å². The largest absolute Gasteiger partial charge is 0.489 e. The molecule has 0 saturated carbocycles. The van der Waals surface area contributed by atoms with Gasteiger partial charge in [-0.25, -0.2) is 0 Å². The first-order valence-corrected chi connectivity index (χ1v) is 10.3. The molecule has 3 aromatic carbocycles. The summed E-state index contributed by atoms with van der Waals surface area (Å²) in [7, 11) is 0. The summed E-state index contributed by atoms with van der Waals surface area (Å²) in [5.74, 6) is 0.579. The molecule has 0 radical (unpaired) electrons. The first-order chi connectivity index (χ1) is 15.1. The van der Waals surface area contributed by atoms with Gasteiger partial charge in [-0.1, -0.05) is 60.7 Å². The van der Waals surface area contributed by atoms with Crippen LogP contribution in [0.2, 0.25) is 0 Å². The lowest BCUT2D eigenvalue weighted by molar-refractivity contribution is 0.0746. The number of ether oxygens (including phenoxy) is 1. The van der Waals surface area contributed by atoms with Gasteiger partial charge >= 0.3 is 0 Å². The molecule has 0 atom stereocenters. The Morgan fingerprint density at radius 2 is 1.61 bits per heavy atom. The van der Waals surface area contributed by atoms with Gasteiger partial charge in [-0.05, 0) is 47.7 Å². The van der Waals surface area contributed by atoms with Crippen LogP contribution in [0.15, 0.2) is 89.7 Å². The lowest BCUT2D eigenvalue weighted by atomic mass is 10.1. The maximum atomic E-state index is 13.0. The number of rotatable bonds is 7. The number of pyridine rings is 1. The molecule has 0 aliphatic carbocycles. The van der Waals surface area contributed by atoms with Crippen molar-refractivity contribution in [1.29, 1.82) is 0 Å². The first-order valence-electron chi connectivity index (χ1n) is 10.3. The highest BCUT2D eigenvalue weighted by molar-refractivity contribution is 5.96. The number of benzene rings is 3. The zero-order valence-electron chi connectivity index (χ0n) is 17.4. The van der Waals surface area contributed by atoms with Crippen LogP contribution in [-0.2, 0) is 13.2 Å². The molecule has 0 aliphatic heterocycles. The van der Waals surface area contributed by atoms with Crippen LogP contribution >= 0.6 is 0 Å². The number of hydrogen-bond acceptors (Lipinski definition) is 3. The van der Waals surface area contributed by atoms with E-state index in [9.17, 15) is 9.59 Å². The molecule has 5 nitrogen and oxygen atoms in total. The first kappa shape index (κ1) is 20.4. The summed E-state index contributed by atoms with van der Waals surface area (Å²) in [6.07, 6.45) is 0. The number of amides is 1. The van der Waals surface area contributed by atoms with E-state index in [-0.39, 0.29) is 11.5 Å². The van der Waals surface area contributed by atoms with E-state index in [2.05, 4.69) is 4.98 Å². The van der Waals surface area contributed by atoms with Gasteiger partial charge in [0.15, 0.2) is 0 Å². The predicted molar refractivity (Wildman–Crippen MR) is 122 cm³/mol. The number of aromatic amines is 1. The van der Waals surface area contributed by atoms with E-state index in [0.717, 1.165) is 22.3 Å². The van der Waals surface area contributed by atoms with Crippen molar-refractivity contribution < 1.29 is 9.53 Å². The highest BCUT2D eigenvalue weighted by Gasteiger charge is 2.17. The van der Waals surface area contributed by atoms with Crippen LogP contribution in [0, 0.1) is 0 Å². The molecule has 4 aromatic rings. The minimum atomic E-state index is -0.252. The van der Waals surface area contributed by atoms with Crippen LogP contribution in [0.5, 0.6) is 5.75 Å². The molecule has 5 heteroatoms. The predicted octanol–water partition coefficient (Wildman–Crippen LogP) is 4.77. The van der Waals surface area contributed by atoms with Gasteiger partial charge in [-0.2, -0.15) is 0 Å². The Bertz CT molecular complexity index is 1230. The minimum absolute atomic E-state index is 0.199. The Morgan fingerprint density at radius 1 is 0.903 bits per heavy atom. The average molecular weight is 412 g/mol. The van der Waals surface area contributed by atoms with Gasteiger partial charge in [-0.15, -0.1) is 0 Å². The van der Waals surface area contributed by atoms with Crippen LogP contribution < -0.4 is 10.3 Å². The zero-order chi connectivity index (χ0) is 21.6. The fraction of sp³-hybridized carbons (Fsp3) is 0.154. The fourth-order valence-corrected chi connectivity index (χ4v) is 3.48. The van der Waals surface area contributed by atoms with Crippen molar-refractivity contribution in [1.82, 2.24) is 9.88 Å². The quantitative estimate of drug-likeness (QED) is 0.476. The molecule has 31 heavy (non-hydrogen) atoms. The number of fused-ring (bicyclic) bond motifs is 1. The van der Waals surface area contributed by atoms with Crippen molar-refractivity contribution in [2.45, 2.75) is 20.1 Å². The van der Waals surface area contributed by atoms with Crippen LogP contribution in [0.4, 0.5) is 0 Å². The molecular formula is C26H24N2O3. The Hall–Kier alpha value is -3.86. The van der Waals surface area contributed by atoms with Gasteiger partial charge in [0.05, 0.1) is 0 Å². The van der Waals surface area contributed by atoms with Crippen molar-refractivity contribution in [2.75, 3.05) is 6.54 Å². The van der Waals surface area contributed by atoms with E-state index in [4.69, 9.17) is 4.74 Å². The van der Waals surface area contributed by atoms with E-state index in [1.54, 1.807) is 17.0 Å². The molecule has 0 bridgehead atoms. The molecule has 1 aromatic heterocycles. The summed E-state index contributed by atoms with van der Waals surface area (Å²) in [6.45, 7) is 3.41. The fourth-order valence-electron chi connectivity index (χ4n) is 3.48. The molecule has 0 unspecified atom stereocenters. The van der Waals surface area contributed by atoms with Crippen LogP contribution in [0.25, 0.3) is 10.8 Å². The lowest BCUT2D eigenvalue weighted by Gasteiger charge is -2.21. The third-order valence-electron chi connectivity index (χ3n) is 5.20. The molecule has 0 spiro atoms. The molecule has 1 amide bonds. The summed E-state index contributed by atoms with van der Waals surface area (Å²) in [4.78, 5) is 29.8. The smallest absolute Gasteiger partial charge is 0.270 e. The van der Waals surface area contributed by atoms with Crippen molar-refractivity contribution >= 4 is 16.7 Å². The van der Waals surface area contributed by atoms with Crippen molar-refractivity contribution in [2.24, 2.45) is 0 Å². The maximum Gasteiger partial charge on any atom is 0.270 e. The van der Waals surface area contributed by atoms with E-state index in [0.29, 0.717) is 30.8 Å². The van der Waals surface area contributed by atoms with Gasteiger partial charge in [0, 0.05) is 18.5 Å². The summed E-state index contributed by atoms with van der Waals surface area (Å²) in [5.41, 5.74) is 2.15. The normalized spacial score (nSPS) is 10.7. The van der Waals surface area contributed by atoms with Crippen molar-refractivity contribution in [3.05, 3.63) is 112 Å². The third-order valence-corrected chi connectivity index (χ3v) is 5.20. The van der Waals surface area contributed by atoms with Crippen molar-refractivity contribution in [3.8, 4) is 5.75 Å². The third kappa shape index (κ3) is 4.83. The van der Waals surface area contributed by atoms with E-state index >= 15 is 0 Å². The van der Waals surface area contributed by atoms with Crippen LogP contribution in [0.1, 0.15) is 28.5 Å². The number of nitrogens with zero attached hydrogens (tertiary/aromatic N) is 1. The Labute approximate surface area is 180 Å². The molecule has 1 N–H and O–H groups in total. The summed E-state index contributed by atoms with van der Waals surface area (Å²) in [6, 6.07) is 26.7. The highest BCUT2D eigenvalue weighted by atomic mass is 16.5. The van der Waals surface area contributed by atoms with Gasteiger partial charge < -0.3 is 14.6 Å². The Balaban J connectivity index is 1.45. The summed E-state index contributed by atoms with van der Waals surface area (Å²) in [5, 5.41) is 1.33. The number of nitrogens with one attached hydrogen (secondary N) is 1. The SMILES string of the molecule is CCN(Cc1ccc(OCc2ccccc2)cc1)C(=O)c1cc2ccccc2c(=O)[nH]1. The maximum absolute atomic E-state index is 13.0.